The summed E-state index contributed by atoms with van der Waals surface area (Å²) < 4.78 is 22.0. The van der Waals surface area contributed by atoms with Crippen LogP contribution in [0.4, 0.5) is 4.79 Å². The highest BCUT2D eigenvalue weighted by atomic mass is 32.2. The fraction of sp³-hybridized carbons (Fsp3) is 0.500. The van der Waals surface area contributed by atoms with Crippen LogP contribution in [-0.4, -0.2) is 53.5 Å². The molecule has 4 N–H and O–H groups in total. The van der Waals surface area contributed by atoms with Crippen LogP contribution >= 0.6 is 0 Å². The number of urea groups is 1. The Morgan fingerprint density at radius 2 is 2.20 bits per heavy atom. The van der Waals surface area contributed by atoms with E-state index in [9.17, 15) is 18.0 Å². The van der Waals surface area contributed by atoms with E-state index in [-0.39, 0.29) is 18.7 Å². The minimum Gasteiger partial charge on any atom is -0.480 e. The number of sulfone groups is 1. The molecule has 10 heteroatoms. The second-order valence-electron chi connectivity index (χ2n) is 4.21. The number of rotatable bonds is 7. The number of carbonyl (C=O) groups excluding carboxylic acids is 1. The molecule has 1 aromatic heterocycles. The Morgan fingerprint density at radius 3 is 2.70 bits per heavy atom. The maximum Gasteiger partial charge on any atom is 0.326 e. The second kappa shape index (κ2) is 6.89. The van der Waals surface area contributed by atoms with Crippen LogP contribution in [-0.2, 0) is 21.2 Å². The van der Waals surface area contributed by atoms with E-state index in [4.69, 9.17) is 5.11 Å². The summed E-state index contributed by atoms with van der Waals surface area (Å²) in [5.41, 5.74) is 0.656. The molecule has 0 radical (unpaired) electrons. The van der Waals surface area contributed by atoms with E-state index in [1.54, 1.807) is 0 Å². The normalized spacial score (nSPS) is 12.7. The Hall–Kier alpha value is -2.10. The van der Waals surface area contributed by atoms with Gasteiger partial charge >= 0.3 is 12.0 Å². The number of imidazole rings is 1. The number of H-pyrrole nitrogens is 1. The zero-order valence-electron chi connectivity index (χ0n) is 10.8. The Bertz CT molecular complexity index is 554. The van der Waals surface area contributed by atoms with Crippen LogP contribution in [0.25, 0.3) is 0 Å². The third-order valence-electron chi connectivity index (χ3n) is 2.37. The number of amides is 2. The van der Waals surface area contributed by atoms with Gasteiger partial charge in [0.2, 0.25) is 0 Å². The number of aliphatic carboxylic acids is 1. The van der Waals surface area contributed by atoms with E-state index in [1.165, 1.54) is 12.5 Å². The van der Waals surface area contributed by atoms with Gasteiger partial charge in [0, 0.05) is 12.5 Å². The lowest BCUT2D eigenvalue weighted by molar-refractivity contribution is -0.139. The summed E-state index contributed by atoms with van der Waals surface area (Å²) in [7, 11) is -3.28. The minimum atomic E-state index is -3.28. The zero-order valence-corrected chi connectivity index (χ0v) is 11.6. The van der Waals surface area contributed by atoms with Crippen molar-refractivity contribution in [2.24, 2.45) is 0 Å². The summed E-state index contributed by atoms with van der Waals surface area (Å²) in [4.78, 5) is 29.0. The summed E-state index contributed by atoms with van der Waals surface area (Å²) in [5, 5.41) is 13.6. The highest BCUT2D eigenvalue weighted by Gasteiger charge is 2.21. The van der Waals surface area contributed by atoms with Gasteiger partial charge in [0.25, 0.3) is 0 Å². The number of nitrogens with zero attached hydrogens (tertiary/aromatic N) is 1. The third kappa shape index (κ3) is 6.18. The van der Waals surface area contributed by atoms with Crippen molar-refractivity contribution in [3.8, 4) is 0 Å². The quantitative estimate of drug-likeness (QED) is 0.514. The zero-order chi connectivity index (χ0) is 15.2. The van der Waals surface area contributed by atoms with E-state index < -0.39 is 27.9 Å². The maximum atomic E-state index is 11.5. The molecular weight excluding hydrogens is 288 g/mol. The molecule has 9 nitrogen and oxygen atoms in total. The van der Waals surface area contributed by atoms with Crippen molar-refractivity contribution in [2.75, 3.05) is 12.0 Å². The van der Waals surface area contributed by atoms with E-state index in [1.807, 2.05) is 0 Å². The smallest absolute Gasteiger partial charge is 0.326 e. The predicted molar refractivity (Wildman–Crippen MR) is 69.7 cm³/mol. The van der Waals surface area contributed by atoms with Gasteiger partial charge in [-0.3, -0.25) is 0 Å². The van der Waals surface area contributed by atoms with Crippen molar-refractivity contribution in [3.63, 3.8) is 0 Å². The van der Waals surface area contributed by atoms with Crippen LogP contribution in [0.1, 0.15) is 12.1 Å². The van der Waals surface area contributed by atoms with Crippen molar-refractivity contribution < 1.29 is 23.1 Å². The molecule has 1 unspecified atom stereocenters. The van der Waals surface area contributed by atoms with Crippen LogP contribution in [0.5, 0.6) is 0 Å². The van der Waals surface area contributed by atoms with Gasteiger partial charge in [-0.05, 0) is 6.42 Å². The summed E-state index contributed by atoms with van der Waals surface area (Å²) in [6, 6.07) is -1.95. The molecule has 0 bridgehead atoms. The van der Waals surface area contributed by atoms with Crippen molar-refractivity contribution in [1.29, 1.82) is 0 Å². The van der Waals surface area contributed by atoms with Crippen LogP contribution in [0.15, 0.2) is 12.5 Å². The summed E-state index contributed by atoms with van der Waals surface area (Å²) in [6.07, 6.45) is 3.77. The van der Waals surface area contributed by atoms with Crippen LogP contribution in [0.2, 0.25) is 0 Å². The molecule has 112 valence electrons. The molecule has 0 saturated heterocycles. The average Bonchev–Trinajstić information content (AvgIpc) is 2.83. The fourth-order valence-electron chi connectivity index (χ4n) is 1.36. The van der Waals surface area contributed by atoms with E-state index in [0.717, 1.165) is 6.26 Å². The number of carboxylic acids is 1. The number of carbonyl (C=O) groups is 2. The summed E-state index contributed by atoms with van der Waals surface area (Å²) >= 11 is 0. The molecule has 0 aliphatic rings. The molecule has 0 aromatic carbocycles. The van der Waals surface area contributed by atoms with Crippen molar-refractivity contribution in [2.45, 2.75) is 19.0 Å². The minimum absolute atomic E-state index is 0.157. The van der Waals surface area contributed by atoms with Crippen LogP contribution in [0.3, 0.4) is 0 Å². The molecular formula is C10H16N4O5S. The lowest BCUT2D eigenvalue weighted by Gasteiger charge is -2.14. The topological polar surface area (TPSA) is 141 Å². The van der Waals surface area contributed by atoms with E-state index in [2.05, 4.69) is 20.6 Å². The van der Waals surface area contributed by atoms with Gasteiger partial charge in [-0.25, -0.2) is 23.0 Å². The van der Waals surface area contributed by atoms with Crippen LogP contribution < -0.4 is 10.6 Å². The monoisotopic (exact) mass is 304 g/mol. The molecule has 0 fully saturated rings. The molecule has 0 saturated carbocycles. The highest BCUT2D eigenvalue weighted by molar-refractivity contribution is 7.90. The highest BCUT2D eigenvalue weighted by Crippen LogP contribution is 1.97. The third-order valence-corrected chi connectivity index (χ3v) is 3.35. The number of hydrogen-bond acceptors (Lipinski definition) is 5. The van der Waals surface area contributed by atoms with E-state index in [0.29, 0.717) is 5.69 Å². The molecule has 0 aliphatic carbocycles. The first kappa shape index (κ1) is 16.0. The van der Waals surface area contributed by atoms with Crippen molar-refractivity contribution in [1.82, 2.24) is 20.6 Å². The maximum absolute atomic E-state index is 11.5. The van der Waals surface area contributed by atoms with Gasteiger partial charge in [0.05, 0.1) is 24.3 Å². The number of hydrogen-bond donors (Lipinski definition) is 4. The average molecular weight is 304 g/mol. The second-order valence-corrected chi connectivity index (χ2v) is 6.47. The largest absolute Gasteiger partial charge is 0.480 e. The first-order valence-electron chi connectivity index (χ1n) is 5.70. The molecule has 1 atom stereocenters. The van der Waals surface area contributed by atoms with Crippen molar-refractivity contribution in [3.05, 3.63) is 18.2 Å². The molecule has 1 heterocycles. The number of carboxylic acid groups (broad SMARTS) is 1. The Labute approximate surface area is 115 Å². The Morgan fingerprint density at radius 1 is 1.50 bits per heavy atom. The van der Waals surface area contributed by atoms with Gasteiger partial charge in [-0.15, -0.1) is 0 Å². The molecule has 1 rings (SSSR count). The lowest BCUT2D eigenvalue weighted by Crippen LogP contribution is -2.46. The van der Waals surface area contributed by atoms with E-state index >= 15 is 0 Å². The van der Waals surface area contributed by atoms with Crippen molar-refractivity contribution >= 4 is 21.8 Å². The fourth-order valence-corrected chi connectivity index (χ4v) is 2.02. The SMILES string of the molecule is CS(=O)(=O)CCC(NC(=O)NCc1cnc[nH]1)C(=O)O. The van der Waals surface area contributed by atoms with Gasteiger partial charge < -0.3 is 20.7 Å². The first-order valence-corrected chi connectivity index (χ1v) is 7.76. The standard InChI is InChI=1S/C10H16N4O5S/c1-20(18,19)3-2-8(9(15)16)14-10(17)12-5-7-4-11-6-13-7/h4,6,8H,2-3,5H2,1H3,(H,11,13)(H,15,16)(H2,12,14,17). The summed E-state index contributed by atoms with van der Waals surface area (Å²) in [6.45, 7) is 0.157. The number of aromatic nitrogens is 2. The van der Waals surface area contributed by atoms with Gasteiger partial charge in [-0.1, -0.05) is 0 Å². The summed E-state index contributed by atoms with van der Waals surface area (Å²) in [5.74, 6) is -1.60. The molecule has 1 aromatic rings. The van der Waals surface area contributed by atoms with Gasteiger partial charge in [0.1, 0.15) is 15.9 Å². The van der Waals surface area contributed by atoms with Crippen LogP contribution in [0, 0.1) is 0 Å². The molecule has 0 spiro atoms. The number of aromatic amines is 1. The molecule has 20 heavy (non-hydrogen) atoms. The Balaban J connectivity index is 2.44. The first-order chi connectivity index (χ1) is 9.28. The predicted octanol–water partition coefficient (Wildman–Crippen LogP) is -0.903. The van der Waals surface area contributed by atoms with Gasteiger partial charge in [0.15, 0.2) is 0 Å². The number of nitrogens with one attached hydrogen (secondary N) is 3. The lowest BCUT2D eigenvalue weighted by atomic mass is 10.2. The van der Waals surface area contributed by atoms with Gasteiger partial charge in [-0.2, -0.15) is 0 Å². The molecule has 2 amide bonds. The molecule has 0 aliphatic heterocycles. The Kier molecular flexibility index (Phi) is 5.50.